The number of benzene rings is 1. The number of nitrogens with zero attached hydrogens (tertiary/aromatic N) is 2. The maximum Gasteiger partial charge on any atom is 0.250 e. The molecule has 0 saturated carbocycles. The summed E-state index contributed by atoms with van der Waals surface area (Å²) < 4.78 is 40.5. The second-order valence-electron chi connectivity index (χ2n) is 7.77. The molecule has 1 heterocycles. The highest BCUT2D eigenvalue weighted by atomic mass is 35.5. The molecule has 0 saturated heterocycles. The van der Waals surface area contributed by atoms with Crippen molar-refractivity contribution < 1.29 is 23.1 Å². The zero-order valence-electron chi connectivity index (χ0n) is 16.4. The highest BCUT2D eigenvalue weighted by Crippen LogP contribution is 2.45. The summed E-state index contributed by atoms with van der Waals surface area (Å²) in [5, 5.41) is 10.2. The summed E-state index contributed by atoms with van der Waals surface area (Å²) in [5.74, 6) is -2.58. The Morgan fingerprint density at radius 3 is 2.32 bits per heavy atom. The number of hydrogen-bond donors (Lipinski definition) is 1. The number of aromatic nitrogens is 2. The summed E-state index contributed by atoms with van der Waals surface area (Å²) in [4.78, 5) is 7.46. The predicted octanol–water partition coefficient (Wildman–Crippen LogP) is 5.54. The van der Waals surface area contributed by atoms with E-state index >= 15 is 0 Å². The summed E-state index contributed by atoms with van der Waals surface area (Å²) >= 11 is 11.7. The smallest absolute Gasteiger partial charge is 0.250 e. The minimum Gasteiger partial charge on any atom is -0.541 e. The molecule has 2 rings (SSSR count). The molecule has 0 fully saturated rings. The molecule has 1 aromatic heterocycles. The zero-order chi connectivity index (χ0) is 21.4. The first kappa shape index (κ1) is 22.8. The van der Waals surface area contributed by atoms with Crippen LogP contribution in [-0.2, 0) is 0 Å². The van der Waals surface area contributed by atoms with Crippen LogP contribution in [0.25, 0.3) is 0 Å². The van der Waals surface area contributed by atoms with Crippen LogP contribution < -0.4 is 9.16 Å². The topological polar surface area (TPSA) is 64.5 Å². The van der Waals surface area contributed by atoms with E-state index in [-0.39, 0.29) is 32.5 Å². The van der Waals surface area contributed by atoms with Crippen LogP contribution in [0.5, 0.6) is 11.5 Å². The van der Waals surface area contributed by atoms with Crippen molar-refractivity contribution in [1.29, 1.82) is 0 Å². The largest absolute Gasteiger partial charge is 0.541 e. The Labute approximate surface area is 173 Å². The fourth-order valence-corrected chi connectivity index (χ4v) is 3.67. The van der Waals surface area contributed by atoms with Crippen molar-refractivity contribution in [2.24, 2.45) is 0 Å². The van der Waals surface area contributed by atoms with Crippen molar-refractivity contribution in [3.63, 3.8) is 0 Å². The van der Waals surface area contributed by atoms with Crippen LogP contribution in [0.3, 0.4) is 0 Å². The molecule has 0 radical (unpaired) electrons. The van der Waals surface area contributed by atoms with E-state index in [1.54, 1.807) is 0 Å². The lowest BCUT2D eigenvalue weighted by atomic mass is 10.0. The highest BCUT2D eigenvalue weighted by molar-refractivity contribution is 6.74. The van der Waals surface area contributed by atoms with E-state index in [1.165, 1.54) is 7.11 Å². The Morgan fingerprint density at radius 2 is 1.82 bits per heavy atom. The van der Waals surface area contributed by atoms with Gasteiger partial charge in [-0.25, -0.2) is 18.7 Å². The third-order valence-electron chi connectivity index (χ3n) is 4.85. The van der Waals surface area contributed by atoms with Crippen LogP contribution in [0, 0.1) is 11.6 Å². The minimum atomic E-state index is -2.41. The van der Waals surface area contributed by atoms with Gasteiger partial charge in [0.1, 0.15) is 17.0 Å². The SMILES string of the molecule is COc1c(O[Si](C)(C)C(C)(C)C)cc(F)c(F)c1C(O)c1cnc(Cl)nc1Cl. The highest BCUT2D eigenvalue weighted by Gasteiger charge is 2.40. The van der Waals surface area contributed by atoms with Crippen molar-refractivity contribution in [3.8, 4) is 11.5 Å². The maximum absolute atomic E-state index is 14.7. The molecule has 1 atom stereocenters. The maximum atomic E-state index is 14.7. The standard InChI is InChI=1S/C18H22Cl2F2N2O3Si/c1-18(2,3)28(5,6)27-11-7-10(21)13(22)12(15(11)26-4)14(25)9-8-23-17(20)24-16(9)19/h7-8,14,25H,1-6H3. The Hall–Kier alpha value is -1.48. The van der Waals surface area contributed by atoms with Crippen molar-refractivity contribution in [1.82, 2.24) is 9.97 Å². The molecule has 154 valence electrons. The lowest BCUT2D eigenvalue weighted by Crippen LogP contribution is -2.44. The van der Waals surface area contributed by atoms with E-state index in [9.17, 15) is 13.9 Å². The Bertz CT molecular complexity index is 892. The van der Waals surface area contributed by atoms with Crippen LogP contribution in [0.4, 0.5) is 8.78 Å². The van der Waals surface area contributed by atoms with Gasteiger partial charge in [-0.2, -0.15) is 0 Å². The molecule has 0 spiro atoms. The lowest BCUT2D eigenvalue weighted by molar-refractivity contribution is 0.205. The summed E-state index contributed by atoms with van der Waals surface area (Å²) in [6.45, 7) is 9.92. The third-order valence-corrected chi connectivity index (χ3v) is 9.68. The van der Waals surface area contributed by atoms with Gasteiger partial charge in [-0.3, -0.25) is 0 Å². The van der Waals surface area contributed by atoms with Gasteiger partial charge in [0.25, 0.3) is 8.32 Å². The summed E-state index contributed by atoms with van der Waals surface area (Å²) in [5.41, 5.74) is -0.504. The Balaban J connectivity index is 2.66. The molecule has 1 unspecified atom stereocenters. The molecule has 1 aromatic carbocycles. The summed E-state index contributed by atoms with van der Waals surface area (Å²) in [6.07, 6.45) is -0.558. The number of aliphatic hydroxyl groups is 1. The van der Waals surface area contributed by atoms with E-state index in [2.05, 4.69) is 9.97 Å². The molecule has 28 heavy (non-hydrogen) atoms. The van der Waals surface area contributed by atoms with Gasteiger partial charge in [-0.05, 0) is 29.7 Å². The Morgan fingerprint density at radius 1 is 1.21 bits per heavy atom. The predicted molar refractivity (Wildman–Crippen MR) is 107 cm³/mol. The van der Waals surface area contributed by atoms with Crippen LogP contribution in [-0.4, -0.2) is 30.5 Å². The fourth-order valence-electron chi connectivity index (χ4n) is 2.25. The van der Waals surface area contributed by atoms with Gasteiger partial charge in [-0.15, -0.1) is 0 Å². The molecule has 10 heteroatoms. The number of methoxy groups -OCH3 is 1. The van der Waals surface area contributed by atoms with Crippen LogP contribution in [0.2, 0.25) is 28.6 Å². The molecular formula is C18H22Cl2F2N2O3Si. The fraction of sp³-hybridized carbons (Fsp3) is 0.444. The van der Waals surface area contributed by atoms with Gasteiger partial charge >= 0.3 is 0 Å². The third kappa shape index (κ3) is 4.40. The van der Waals surface area contributed by atoms with Crippen molar-refractivity contribution in [2.45, 2.75) is 45.0 Å². The van der Waals surface area contributed by atoms with Crippen LogP contribution >= 0.6 is 23.2 Å². The second-order valence-corrected chi connectivity index (χ2v) is 13.2. The summed E-state index contributed by atoms with van der Waals surface area (Å²) in [7, 11) is -1.13. The van der Waals surface area contributed by atoms with Gasteiger partial charge in [0, 0.05) is 17.8 Å². The van der Waals surface area contributed by atoms with Crippen molar-refractivity contribution in [3.05, 3.63) is 45.5 Å². The average molecular weight is 451 g/mol. The number of ether oxygens (including phenoxy) is 1. The number of rotatable bonds is 5. The molecule has 0 bridgehead atoms. The van der Waals surface area contributed by atoms with Crippen molar-refractivity contribution in [2.75, 3.05) is 7.11 Å². The molecular weight excluding hydrogens is 429 g/mol. The molecule has 0 aliphatic carbocycles. The molecule has 0 aliphatic rings. The normalized spacial score (nSPS) is 13.4. The van der Waals surface area contributed by atoms with Gasteiger partial charge in [0.05, 0.1) is 12.7 Å². The molecule has 0 aliphatic heterocycles. The first-order valence-electron chi connectivity index (χ1n) is 8.41. The van der Waals surface area contributed by atoms with Gasteiger partial charge in [0.15, 0.2) is 17.4 Å². The van der Waals surface area contributed by atoms with E-state index in [0.717, 1.165) is 12.3 Å². The Kier molecular flexibility index (Phi) is 6.60. The van der Waals surface area contributed by atoms with Crippen LogP contribution in [0.1, 0.15) is 38.0 Å². The molecule has 5 nitrogen and oxygen atoms in total. The lowest BCUT2D eigenvalue weighted by Gasteiger charge is -2.37. The van der Waals surface area contributed by atoms with Gasteiger partial charge < -0.3 is 14.3 Å². The van der Waals surface area contributed by atoms with Crippen LogP contribution in [0.15, 0.2) is 12.3 Å². The first-order valence-corrected chi connectivity index (χ1v) is 12.1. The molecule has 0 amide bonds. The van der Waals surface area contributed by atoms with Crippen molar-refractivity contribution >= 4 is 31.5 Å². The number of halogens is 4. The van der Waals surface area contributed by atoms with Gasteiger partial charge in [-0.1, -0.05) is 32.4 Å². The van der Waals surface area contributed by atoms with E-state index in [0.29, 0.717) is 0 Å². The average Bonchev–Trinajstić information content (AvgIpc) is 2.55. The van der Waals surface area contributed by atoms with E-state index in [1.807, 2.05) is 33.9 Å². The minimum absolute atomic E-state index is 0.00745. The molecule has 2 aromatic rings. The zero-order valence-corrected chi connectivity index (χ0v) is 18.9. The quantitative estimate of drug-likeness (QED) is 0.368. The van der Waals surface area contributed by atoms with Gasteiger partial charge in [0.2, 0.25) is 5.28 Å². The summed E-state index contributed by atoms with van der Waals surface area (Å²) in [6, 6.07) is 0.921. The first-order chi connectivity index (χ1) is 12.8. The van der Waals surface area contributed by atoms with E-state index in [4.69, 9.17) is 32.4 Å². The monoisotopic (exact) mass is 450 g/mol. The number of aliphatic hydroxyl groups excluding tert-OH is 1. The van der Waals surface area contributed by atoms with E-state index < -0.39 is 31.6 Å². The number of hydrogen-bond acceptors (Lipinski definition) is 5. The molecule has 1 N–H and O–H groups in total. The second kappa shape index (κ2) is 8.10.